The Morgan fingerprint density at radius 2 is 1.31 bits per heavy atom. The average molecular weight is 216 g/mol. The molecule has 5 heterocycles. The first kappa shape index (κ1) is 9.63. The molecule has 0 aromatic heterocycles. The van der Waals surface area contributed by atoms with E-state index < -0.39 is 0 Å². The summed E-state index contributed by atoms with van der Waals surface area (Å²) in [6.45, 7) is 4.11. The largest absolute Gasteiger partial charge is 0.387 e. The van der Waals surface area contributed by atoms with Crippen molar-refractivity contribution in [1.82, 2.24) is 0 Å². The molecule has 4 bridgehead atoms. The Kier molecular flexibility index (Phi) is 1.54. The van der Waals surface area contributed by atoms with Crippen LogP contribution in [0.5, 0.6) is 0 Å². The third-order valence-corrected chi connectivity index (χ3v) is 4.14. The number of aliphatic imine (C=N–C) groups is 2. The minimum atomic E-state index is -0.320. The smallest absolute Gasteiger partial charge is 0.107 e. The van der Waals surface area contributed by atoms with Crippen molar-refractivity contribution in [3.8, 4) is 0 Å². The number of amidine groups is 2. The lowest BCUT2D eigenvalue weighted by atomic mass is 9.68. The molecule has 0 aromatic rings. The lowest BCUT2D eigenvalue weighted by molar-refractivity contribution is 0.412. The van der Waals surface area contributed by atoms with E-state index >= 15 is 0 Å². The molecule has 0 spiro atoms. The minimum Gasteiger partial charge on any atom is -0.387 e. The number of hydrogen-bond donors (Lipinski definition) is 2. The predicted molar refractivity (Wildman–Crippen MR) is 65.3 cm³/mol. The molecule has 4 N–H and O–H groups in total. The Bertz CT molecular complexity index is 429. The van der Waals surface area contributed by atoms with Crippen LogP contribution in [0.15, 0.2) is 34.3 Å². The van der Waals surface area contributed by atoms with Crippen molar-refractivity contribution >= 4 is 11.7 Å². The maximum absolute atomic E-state index is 6.07. The third-order valence-electron chi connectivity index (χ3n) is 4.14. The van der Waals surface area contributed by atoms with Crippen LogP contribution >= 0.6 is 0 Å². The van der Waals surface area contributed by atoms with Crippen molar-refractivity contribution in [1.29, 1.82) is 0 Å². The van der Waals surface area contributed by atoms with Crippen LogP contribution in [-0.4, -0.2) is 23.8 Å². The van der Waals surface area contributed by atoms with Gasteiger partial charge in [0.05, 0.1) is 22.9 Å². The fourth-order valence-electron chi connectivity index (χ4n) is 2.58. The first-order valence-corrected chi connectivity index (χ1v) is 5.53. The van der Waals surface area contributed by atoms with Crippen molar-refractivity contribution in [2.75, 3.05) is 0 Å². The van der Waals surface area contributed by atoms with E-state index in [1.54, 1.807) is 0 Å². The molecule has 84 valence electrons. The van der Waals surface area contributed by atoms with Crippen LogP contribution in [0.1, 0.15) is 13.8 Å². The molecule has 4 heteroatoms. The second-order valence-corrected chi connectivity index (χ2v) is 5.20. The molecule has 0 radical (unpaired) electrons. The lowest BCUT2D eigenvalue weighted by Gasteiger charge is -2.45. The standard InChI is InChI=1S/C12H16N4/c1-11-5-3-8(16-9(11)13)12(2)6-4-7(11)15-10(12)14/h3-8H,1-2H3,(H2,13,16)(H2,14,15). The second kappa shape index (κ2) is 2.56. The normalized spacial score (nSPS) is 48.6. The molecule has 0 aromatic carbocycles. The van der Waals surface area contributed by atoms with Crippen LogP contribution in [0.3, 0.4) is 0 Å². The Labute approximate surface area is 94.8 Å². The van der Waals surface area contributed by atoms with Gasteiger partial charge in [-0.1, -0.05) is 24.3 Å². The van der Waals surface area contributed by atoms with Gasteiger partial charge in [0, 0.05) is 0 Å². The summed E-state index contributed by atoms with van der Waals surface area (Å²) in [4.78, 5) is 9.15. The SMILES string of the molecule is CC12C=CC(N=C1N)C1(C)C=CC2N=C1N. The number of rotatable bonds is 0. The molecule has 5 aliphatic heterocycles. The highest BCUT2D eigenvalue weighted by Gasteiger charge is 2.48. The number of hydrogen-bond acceptors (Lipinski definition) is 4. The second-order valence-electron chi connectivity index (χ2n) is 5.20. The van der Waals surface area contributed by atoms with E-state index in [0.29, 0.717) is 11.7 Å². The summed E-state index contributed by atoms with van der Waals surface area (Å²) in [5.74, 6) is 1.33. The van der Waals surface area contributed by atoms with E-state index in [1.807, 2.05) is 0 Å². The van der Waals surface area contributed by atoms with Crippen molar-refractivity contribution < 1.29 is 0 Å². The highest BCUT2D eigenvalue weighted by Crippen LogP contribution is 2.43. The Morgan fingerprint density at radius 1 is 0.938 bits per heavy atom. The van der Waals surface area contributed by atoms with Gasteiger partial charge in [0.1, 0.15) is 11.7 Å². The minimum absolute atomic E-state index is 0.0261. The fraction of sp³-hybridized carbons (Fsp3) is 0.500. The molecule has 0 amide bonds. The summed E-state index contributed by atoms with van der Waals surface area (Å²) in [6, 6.07) is -0.0522. The van der Waals surface area contributed by atoms with Gasteiger partial charge >= 0.3 is 0 Å². The van der Waals surface area contributed by atoms with E-state index in [-0.39, 0.29) is 22.9 Å². The maximum atomic E-state index is 6.07. The van der Waals surface area contributed by atoms with Crippen molar-refractivity contribution in [3.05, 3.63) is 24.3 Å². The van der Waals surface area contributed by atoms with Crippen LogP contribution in [0, 0.1) is 10.8 Å². The highest BCUT2D eigenvalue weighted by atomic mass is 15.0. The number of dihydropyridines is 2. The van der Waals surface area contributed by atoms with Crippen molar-refractivity contribution in [3.63, 3.8) is 0 Å². The molecule has 0 saturated heterocycles. The summed E-state index contributed by atoms with van der Waals surface area (Å²) in [6.07, 6.45) is 8.47. The van der Waals surface area contributed by atoms with Gasteiger partial charge in [0.2, 0.25) is 0 Å². The van der Waals surface area contributed by atoms with Gasteiger partial charge in [0.15, 0.2) is 0 Å². The van der Waals surface area contributed by atoms with Gasteiger partial charge in [-0.15, -0.1) is 0 Å². The molecule has 0 fully saturated rings. The van der Waals surface area contributed by atoms with Crippen LogP contribution in [0.25, 0.3) is 0 Å². The summed E-state index contributed by atoms with van der Waals surface area (Å²) < 4.78 is 0. The van der Waals surface area contributed by atoms with Gasteiger partial charge in [-0.25, -0.2) is 0 Å². The third kappa shape index (κ3) is 0.900. The van der Waals surface area contributed by atoms with Gasteiger partial charge in [-0.2, -0.15) is 0 Å². The monoisotopic (exact) mass is 216 g/mol. The molecule has 6 rings (SSSR count). The van der Waals surface area contributed by atoms with Gasteiger partial charge in [0.25, 0.3) is 0 Å². The molecule has 16 heavy (non-hydrogen) atoms. The molecule has 4 unspecified atom stereocenters. The van der Waals surface area contributed by atoms with Crippen LogP contribution in [0.2, 0.25) is 0 Å². The van der Waals surface area contributed by atoms with Crippen LogP contribution < -0.4 is 11.5 Å². The van der Waals surface area contributed by atoms with E-state index in [2.05, 4.69) is 48.1 Å². The van der Waals surface area contributed by atoms with Crippen molar-refractivity contribution in [2.45, 2.75) is 25.9 Å². The first-order valence-electron chi connectivity index (χ1n) is 5.53. The van der Waals surface area contributed by atoms with Gasteiger partial charge < -0.3 is 11.5 Å². The topological polar surface area (TPSA) is 76.8 Å². The number of nitrogens with two attached hydrogens (primary N) is 2. The van der Waals surface area contributed by atoms with Crippen molar-refractivity contribution in [2.24, 2.45) is 32.3 Å². The van der Waals surface area contributed by atoms with Crippen LogP contribution in [-0.2, 0) is 0 Å². The van der Waals surface area contributed by atoms with E-state index in [1.165, 1.54) is 0 Å². The molecule has 0 saturated carbocycles. The molecular weight excluding hydrogens is 200 g/mol. The quantitative estimate of drug-likeness (QED) is 0.582. The van der Waals surface area contributed by atoms with E-state index in [4.69, 9.17) is 11.5 Å². The zero-order valence-corrected chi connectivity index (χ0v) is 9.51. The van der Waals surface area contributed by atoms with Crippen LogP contribution in [0.4, 0.5) is 0 Å². The predicted octanol–water partition coefficient (Wildman–Crippen LogP) is 0.604. The number of nitrogens with zero attached hydrogens (tertiary/aromatic N) is 2. The molecule has 6 aliphatic rings. The Balaban J connectivity index is 2.26. The molecule has 1 aliphatic carbocycles. The highest BCUT2D eigenvalue weighted by molar-refractivity contribution is 5.97. The van der Waals surface area contributed by atoms with Gasteiger partial charge in [-0.05, 0) is 13.8 Å². The first-order chi connectivity index (χ1) is 7.47. The lowest BCUT2D eigenvalue weighted by Crippen LogP contribution is -2.55. The average Bonchev–Trinajstić information content (AvgIpc) is 2.25. The summed E-state index contributed by atoms with van der Waals surface area (Å²) in [5, 5.41) is 0. The molecule has 4 atom stereocenters. The Morgan fingerprint density at radius 3 is 1.62 bits per heavy atom. The van der Waals surface area contributed by atoms with E-state index in [0.717, 1.165) is 0 Å². The molecule has 4 nitrogen and oxygen atoms in total. The maximum Gasteiger partial charge on any atom is 0.107 e. The van der Waals surface area contributed by atoms with E-state index in [9.17, 15) is 0 Å². The molecular formula is C12H16N4. The van der Waals surface area contributed by atoms with Gasteiger partial charge in [-0.3, -0.25) is 9.98 Å². The zero-order valence-electron chi connectivity index (χ0n) is 9.51. The summed E-state index contributed by atoms with van der Waals surface area (Å²) in [5.41, 5.74) is 11.5. The Hall–Kier alpha value is -1.58. The zero-order chi connectivity index (χ0) is 11.6. The summed E-state index contributed by atoms with van der Waals surface area (Å²) in [7, 11) is 0. The fourth-order valence-corrected chi connectivity index (χ4v) is 2.58. The summed E-state index contributed by atoms with van der Waals surface area (Å²) >= 11 is 0.